The van der Waals surface area contributed by atoms with Gasteiger partial charge in [0.05, 0.1) is 4.90 Å². The van der Waals surface area contributed by atoms with Crippen molar-refractivity contribution in [1.82, 2.24) is 4.72 Å². The van der Waals surface area contributed by atoms with Gasteiger partial charge in [-0.15, -0.1) is 0 Å². The SMILES string of the molecule is Cc1cccc(S(=O)(=O)NCCc2ccc(N)cc2)c1. The van der Waals surface area contributed by atoms with E-state index in [1.165, 1.54) is 0 Å². The summed E-state index contributed by atoms with van der Waals surface area (Å²) in [4.78, 5) is 0.301. The van der Waals surface area contributed by atoms with E-state index >= 15 is 0 Å². The molecule has 0 amide bonds. The number of hydrogen-bond acceptors (Lipinski definition) is 3. The second-order valence-corrected chi connectivity index (χ2v) is 6.47. The summed E-state index contributed by atoms with van der Waals surface area (Å²) in [6.07, 6.45) is 0.630. The first kappa shape index (κ1) is 14.6. The summed E-state index contributed by atoms with van der Waals surface area (Å²) in [7, 11) is -3.44. The van der Waals surface area contributed by atoms with Crippen molar-refractivity contribution in [3.05, 3.63) is 59.7 Å². The monoisotopic (exact) mass is 290 g/mol. The van der Waals surface area contributed by atoms with E-state index in [4.69, 9.17) is 5.73 Å². The molecule has 0 aliphatic carbocycles. The molecule has 0 atom stereocenters. The van der Waals surface area contributed by atoms with E-state index in [0.717, 1.165) is 11.1 Å². The third-order valence-corrected chi connectivity index (χ3v) is 4.44. The Hall–Kier alpha value is -1.85. The molecule has 5 heteroatoms. The summed E-state index contributed by atoms with van der Waals surface area (Å²) in [5.74, 6) is 0. The van der Waals surface area contributed by atoms with Gasteiger partial charge >= 0.3 is 0 Å². The van der Waals surface area contributed by atoms with E-state index in [9.17, 15) is 8.42 Å². The lowest BCUT2D eigenvalue weighted by atomic mass is 10.1. The fraction of sp³-hybridized carbons (Fsp3) is 0.200. The van der Waals surface area contributed by atoms with Crippen LogP contribution in [-0.2, 0) is 16.4 Å². The van der Waals surface area contributed by atoms with E-state index < -0.39 is 10.0 Å². The molecular formula is C15H18N2O2S. The van der Waals surface area contributed by atoms with E-state index in [1.54, 1.807) is 18.2 Å². The van der Waals surface area contributed by atoms with Gasteiger partial charge in [0.15, 0.2) is 0 Å². The number of rotatable bonds is 5. The third kappa shape index (κ3) is 3.82. The van der Waals surface area contributed by atoms with Crippen LogP contribution in [0.4, 0.5) is 5.69 Å². The average Bonchev–Trinajstić information content (AvgIpc) is 2.41. The summed E-state index contributed by atoms with van der Waals surface area (Å²) < 4.78 is 26.8. The first-order valence-electron chi connectivity index (χ1n) is 6.38. The lowest BCUT2D eigenvalue weighted by Gasteiger charge is -2.07. The topological polar surface area (TPSA) is 72.2 Å². The van der Waals surface area contributed by atoms with E-state index in [1.807, 2.05) is 37.3 Å². The summed E-state index contributed by atoms with van der Waals surface area (Å²) >= 11 is 0. The maximum absolute atomic E-state index is 12.1. The fourth-order valence-electron chi connectivity index (χ4n) is 1.88. The average molecular weight is 290 g/mol. The van der Waals surface area contributed by atoms with Gasteiger partial charge in [-0.2, -0.15) is 0 Å². The maximum Gasteiger partial charge on any atom is 0.240 e. The Morgan fingerprint density at radius 1 is 1.10 bits per heavy atom. The molecule has 4 nitrogen and oxygen atoms in total. The molecule has 0 aliphatic rings. The summed E-state index contributed by atoms with van der Waals surface area (Å²) in [6, 6.07) is 14.3. The van der Waals surface area contributed by atoms with Gasteiger partial charge < -0.3 is 5.73 Å². The van der Waals surface area contributed by atoms with Crippen molar-refractivity contribution in [3.63, 3.8) is 0 Å². The van der Waals surface area contributed by atoms with Crippen LogP contribution in [0.25, 0.3) is 0 Å². The molecule has 0 aromatic heterocycles. The van der Waals surface area contributed by atoms with E-state index in [-0.39, 0.29) is 0 Å². The van der Waals surface area contributed by atoms with Crippen molar-refractivity contribution < 1.29 is 8.42 Å². The second kappa shape index (κ2) is 6.07. The predicted molar refractivity (Wildman–Crippen MR) is 80.9 cm³/mol. The molecule has 0 fully saturated rings. The quantitative estimate of drug-likeness (QED) is 0.828. The van der Waals surface area contributed by atoms with Gasteiger partial charge in [0.2, 0.25) is 10.0 Å². The number of hydrogen-bond donors (Lipinski definition) is 2. The van der Waals surface area contributed by atoms with Crippen molar-refractivity contribution in [3.8, 4) is 0 Å². The Bertz CT molecular complexity index is 679. The zero-order chi connectivity index (χ0) is 14.6. The van der Waals surface area contributed by atoms with Crippen LogP contribution in [0.1, 0.15) is 11.1 Å². The molecule has 0 aliphatic heterocycles. The largest absolute Gasteiger partial charge is 0.399 e. The van der Waals surface area contributed by atoms with Crippen molar-refractivity contribution in [2.24, 2.45) is 0 Å². The molecule has 2 aromatic carbocycles. The summed E-state index contributed by atoms with van der Waals surface area (Å²) in [5.41, 5.74) is 8.28. The predicted octanol–water partition coefficient (Wildman–Crippen LogP) is 2.10. The lowest BCUT2D eigenvalue weighted by molar-refractivity contribution is 0.581. The molecule has 106 valence electrons. The zero-order valence-electron chi connectivity index (χ0n) is 11.3. The number of sulfonamides is 1. The van der Waals surface area contributed by atoms with Crippen LogP contribution in [0, 0.1) is 6.92 Å². The maximum atomic E-state index is 12.1. The normalized spacial score (nSPS) is 11.4. The molecule has 3 N–H and O–H groups in total. The number of benzene rings is 2. The van der Waals surface area contributed by atoms with Crippen LogP contribution in [0.15, 0.2) is 53.4 Å². The number of anilines is 1. The Balaban J connectivity index is 1.98. The minimum Gasteiger partial charge on any atom is -0.399 e. The van der Waals surface area contributed by atoms with Crippen molar-refractivity contribution in [2.75, 3.05) is 12.3 Å². The van der Waals surface area contributed by atoms with Gasteiger partial charge in [-0.3, -0.25) is 0 Å². The highest BCUT2D eigenvalue weighted by molar-refractivity contribution is 7.89. The van der Waals surface area contributed by atoms with Crippen LogP contribution in [0.3, 0.4) is 0 Å². The minimum atomic E-state index is -3.44. The molecule has 20 heavy (non-hydrogen) atoms. The Morgan fingerprint density at radius 3 is 2.45 bits per heavy atom. The second-order valence-electron chi connectivity index (χ2n) is 4.71. The number of nitrogen functional groups attached to an aromatic ring is 1. The van der Waals surface area contributed by atoms with Crippen LogP contribution in [0.2, 0.25) is 0 Å². The van der Waals surface area contributed by atoms with Crippen LogP contribution < -0.4 is 10.5 Å². The van der Waals surface area contributed by atoms with Gasteiger partial charge in [0.25, 0.3) is 0 Å². The Labute approximate surface area is 119 Å². The molecule has 0 radical (unpaired) electrons. The molecular weight excluding hydrogens is 272 g/mol. The van der Waals surface area contributed by atoms with Crippen molar-refractivity contribution in [2.45, 2.75) is 18.2 Å². The van der Waals surface area contributed by atoms with Crippen LogP contribution in [0.5, 0.6) is 0 Å². The number of aryl methyl sites for hydroxylation is 1. The first-order chi connectivity index (χ1) is 9.47. The van der Waals surface area contributed by atoms with Gasteiger partial charge in [-0.05, 0) is 48.7 Å². The molecule has 0 saturated carbocycles. The number of nitrogens with one attached hydrogen (secondary N) is 1. The fourth-order valence-corrected chi connectivity index (χ4v) is 3.02. The Kier molecular flexibility index (Phi) is 4.42. The molecule has 0 unspecified atom stereocenters. The van der Waals surface area contributed by atoms with Crippen molar-refractivity contribution in [1.29, 1.82) is 0 Å². The lowest BCUT2D eigenvalue weighted by Crippen LogP contribution is -2.26. The summed E-state index contributed by atoms with van der Waals surface area (Å²) in [5, 5.41) is 0. The molecule has 2 aromatic rings. The molecule has 0 spiro atoms. The first-order valence-corrected chi connectivity index (χ1v) is 7.86. The number of nitrogens with two attached hydrogens (primary N) is 1. The Morgan fingerprint density at radius 2 is 1.80 bits per heavy atom. The molecule has 0 saturated heterocycles. The van der Waals surface area contributed by atoms with Gasteiger partial charge in [-0.25, -0.2) is 13.1 Å². The summed E-state index contributed by atoms with van der Waals surface area (Å²) in [6.45, 7) is 2.23. The molecule has 2 rings (SSSR count). The molecule has 0 heterocycles. The van der Waals surface area contributed by atoms with Gasteiger partial charge in [0, 0.05) is 12.2 Å². The van der Waals surface area contributed by atoms with Gasteiger partial charge in [-0.1, -0.05) is 24.3 Å². The molecule has 0 bridgehead atoms. The highest BCUT2D eigenvalue weighted by Crippen LogP contribution is 2.11. The minimum absolute atomic E-state index is 0.301. The third-order valence-electron chi connectivity index (χ3n) is 2.99. The zero-order valence-corrected chi connectivity index (χ0v) is 12.2. The van der Waals surface area contributed by atoms with Crippen molar-refractivity contribution >= 4 is 15.7 Å². The smallest absolute Gasteiger partial charge is 0.240 e. The standard InChI is InChI=1S/C15H18N2O2S/c1-12-3-2-4-15(11-12)20(18,19)17-10-9-13-5-7-14(16)8-6-13/h2-8,11,17H,9-10,16H2,1H3. The van der Waals surface area contributed by atoms with E-state index in [0.29, 0.717) is 23.5 Å². The highest BCUT2D eigenvalue weighted by atomic mass is 32.2. The van der Waals surface area contributed by atoms with Gasteiger partial charge in [0.1, 0.15) is 0 Å². The highest BCUT2D eigenvalue weighted by Gasteiger charge is 2.12. The van der Waals surface area contributed by atoms with Crippen LogP contribution >= 0.6 is 0 Å². The van der Waals surface area contributed by atoms with Crippen LogP contribution in [-0.4, -0.2) is 15.0 Å². The van der Waals surface area contributed by atoms with E-state index in [2.05, 4.69) is 4.72 Å².